The Morgan fingerprint density at radius 1 is 1.41 bits per heavy atom. The maximum absolute atomic E-state index is 11.6. The van der Waals surface area contributed by atoms with Gasteiger partial charge in [-0.05, 0) is 5.56 Å². The second-order valence-corrected chi connectivity index (χ2v) is 3.99. The molecule has 0 saturated carbocycles. The van der Waals surface area contributed by atoms with Crippen LogP contribution >= 0.6 is 0 Å². The molecular formula is C12H14N2O3. The molecular weight excluding hydrogens is 220 g/mol. The highest BCUT2D eigenvalue weighted by Crippen LogP contribution is 2.28. The topological polar surface area (TPSA) is 72.6 Å². The highest BCUT2D eigenvalue weighted by Gasteiger charge is 2.38. The normalized spacial score (nSPS) is 24.8. The number of hydrogen-bond donors (Lipinski definition) is 1. The second kappa shape index (κ2) is 4.55. The number of rotatable bonds is 2. The van der Waals surface area contributed by atoms with Gasteiger partial charge in [0.05, 0.1) is 6.04 Å². The molecule has 2 amide bonds. The van der Waals surface area contributed by atoms with Crippen molar-refractivity contribution in [2.75, 3.05) is 13.7 Å². The van der Waals surface area contributed by atoms with E-state index in [2.05, 4.69) is 0 Å². The number of likely N-dealkylation sites (N-methyl/N-ethyl adjacent to an activating group) is 1. The SMILES string of the molecule is CN1C(=O)CO[C@H](C(N)=O)[C@H]1c1ccccc1. The van der Waals surface area contributed by atoms with Gasteiger partial charge in [0, 0.05) is 7.05 Å². The number of nitrogens with two attached hydrogens (primary N) is 1. The summed E-state index contributed by atoms with van der Waals surface area (Å²) in [4.78, 5) is 24.5. The first-order valence-electron chi connectivity index (χ1n) is 5.33. The largest absolute Gasteiger partial charge is 0.367 e. The molecule has 17 heavy (non-hydrogen) atoms. The van der Waals surface area contributed by atoms with E-state index < -0.39 is 18.1 Å². The highest BCUT2D eigenvalue weighted by atomic mass is 16.5. The maximum Gasteiger partial charge on any atom is 0.249 e. The van der Waals surface area contributed by atoms with Gasteiger partial charge in [-0.25, -0.2) is 0 Å². The standard InChI is InChI=1S/C12H14N2O3/c1-14-9(15)7-17-11(12(13)16)10(14)8-5-3-2-4-6-8/h2-6,10-11H,7H2,1H3,(H2,13,16)/t10-,11+/m1/s1. The summed E-state index contributed by atoms with van der Waals surface area (Å²) in [5.41, 5.74) is 6.14. The number of carbonyl (C=O) groups excluding carboxylic acids is 2. The number of ether oxygens (including phenoxy) is 1. The van der Waals surface area contributed by atoms with Crippen LogP contribution in [0.3, 0.4) is 0 Å². The molecule has 5 nitrogen and oxygen atoms in total. The summed E-state index contributed by atoms with van der Waals surface area (Å²) in [6.07, 6.45) is -0.792. The average molecular weight is 234 g/mol. The van der Waals surface area contributed by atoms with Crippen LogP contribution in [0.2, 0.25) is 0 Å². The fourth-order valence-corrected chi connectivity index (χ4v) is 2.00. The molecule has 0 radical (unpaired) electrons. The van der Waals surface area contributed by atoms with Gasteiger partial charge in [0.1, 0.15) is 6.61 Å². The Bertz CT molecular complexity index is 433. The van der Waals surface area contributed by atoms with E-state index in [0.717, 1.165) is 5.56 Å². The number of carbonyl (C=O) groups is 2. The van der Waals surface area contributed by atoms with Gasteiger partial charge in [-0.2, -0.15) is 0 Å². The van der Waals surface area contributed by atoms with Crippen LogP contribution in [0.5, 0.6) is 0 Å². The Hall–Kier alpha value is -1.88. The van der Waals surface area contributed by atoms with Crippen molar-refractivity contribution in [2.24, 2.45) is 5.73 Å². The lowest BCUT2D eigenvalue weighted by Gasteiger charge is -2.37. The minimum absolute atomic E-state index is 0.104. The van der Waals surface area contributed by atoms with Crippen molar-refractivity contribution in [3.63, 3.8) is 0 Å². The fourth-order valence-electron chi connectivity index (χ4n) is 2.00. The molecule has 1 aliphatic rings. The zero-order valence-corrected chi connectivity index (χ0v) is 9.50. The zero-order chi connectivity index (χ0) is 12.4. The molecule has 0 spiro atoms. The van der Waals surface area contributed by atoms with Crippen LogP contribution < -0.4 is 5.73 Å². The molecule has 0 unspecified atom stereocenters. The summed E-state index contributed by atoms with van der Waals surface area (Å²) < 4.78 is 5.22. The molecule has 1 aliphatic heterocycles. The van der Waals surface area contributed by atoms with Crippen molar-refractivity contribution >= 4 is 11.8 Å². The van der Waals surface area contributed by atoms with Gasteiger partial charge in [0.15, 0.2) is 6.10 Å². The molecule has 1 aromatic rings. The fraction of sp³-hybridized carbons (Fsp3) is 0.333. The third-order valence-corrected chi connectivity index (χ3v) is 2.91. The van der Waals surface area contributed by atoms with Crippen LogP contribution in [0.25, 0.3) is 0 Å². The smallest absolute Gasteiger partial charge is 0.249 e. The Balaban J connectivity index is 2.37. The van der Waals surface area contributed by atoms with Gasteiger partial charge in [-0.1, -0.05) is 30.3 Å². The first-order valence-corrected chi connectivity index (χ1v) is 5.33. The zero-order valence-electron chi connectivity index (χ0n) is 9.50. The van der Waals surface area contributed by atoms with Crippen LogP contribution in [-0.4, -0.2) is 36.5 Å². The van der Waals surface area contributed by atoms with Crippen LogP contribution in [-0.2, 0) is 14.3 Å². The predicted octanol–water partition coefficient (Wildman–Crippen LogP) is 0.0702. The minimum Gasteiger partial charge on any atom is -0.367 e. The molecule has 1 fully saturated rings. The van der Waals surface area contributed by atoms with E-state index in [1.165, 1.54) is 4.90 Å². The summed E-state index contributed by atoms with van der Waals surface area (Å²) in [7, 11) is 1.65. The van der Waals surface area contributed by atoms with Gasteiger partial charge in [0.25, 0.3) is 0 Å². The Labute approximate surface area is 99.2 Å². The Kier molecular flexibility index (Phi) is 3.10. The summed E-state index contributed by atoms with van der Waals surface area (Å²) >= 11 is 0. The summed E-state index contributed by atoms with van der Waals surface area (Å²) in [5, 5.41) is 0. The molecule has 1 aromatic carbocycles. The van der Waals surface area contributed by atoms with Crippen LogP contribution in [0, 0.1) is 0 Å². The lowest BCUT2D eigenvalue weighted by atomic mass is 9.98. The first kappa shape index (κ1) is 11.6. The molecule has 2 rings (SSSR count). The van der Waals surface area contributed by atoms with E-state index in [0.29, 0.717) is 0 Å². The van der Waals surface area contributed by atoms with Crippen LogP contribution in [0.1, 0.15) is 11.6 Å². The van der Waals surface area contributed by atoms with Gasteiger partial charge in [-0.15, -0.1) is 0 Å². The van der Waals surface area contributed by atoms with E-state index >= 15 is 0 Å². The predicted molar refractivity (Wildman–Crippen MR) is 60.9 cm³/mol. The van der Waals surface area contributed by atoms with Crippen LogP contribution in [0.15, 0.2) is 30.3 Å². The molecule has 5 heteroatoms. The Morgan fingerprint density at radius 3 is 2.65 bits per heavy atom. The van der Waals surface area contributed by atoms with E-state index in [4.69, 9.17) is 10.5 Å². The molecule has 0 bridgehead atoms. The van der Waals surface area contributed by atoms with E-state index in [1.54, 1.807) is 7.05 Å². The minimum atomic E-state index is -0.792. The van der Waals surface area contributed by atoms with Gasteiger partial charge >= 0.3 is 0 Å². The van der Waals surface area contributed by atoms with Crippen molar-refractivity contribution in [1.29, 1.82) is 0 Å². The molecule has 1 heterocycles. The third kappa shape index (κ3) is 2.14. The lowest BCUT2D eigenvalue weighted by molar-refractivity contribution is -0.160. The third-order valence-electron chi connectivity index (χ3n) is 2.91. The van der Waals surface area contributed by atoms with Gasteiger partial charge < -0.3 is 15.4 Å². The number of hydrogen-bond acceptors (Lipinski definition) is 3. The summed E-state index contributed by atoms with van der Waals surface area (Å²) in [5.74, 6) is -0.713. The summed E-state index contributed by atoms with van der Waals surface area (Å²) in [6.45, 7) is -0.104. The average Bonchev–Trinajstić information content (AvgIpc) is 2.33. The molecule has 1 saturated heterocycles. The highest BCUT2D eigenvalue weighted by molar-refractivity contribution is 5.85. The van der Waals surface area contributed by atoms with Crippen molar-refractivity contribution < 1.29 is 14.3 Å². The molecule has 0 aliphatic carbocycles. The number of amides is 2. The lowest BCUT2D eigenvalue weighted by Crippen LogP contribution is -2.51. The van der Waals surface area contributed by atoms with Crippen molar-refractivity contribution in [3.05, 3.63) is 35.9 Å². The molecule has 2 atom stereocenters. The molecule has 0 aromatic heterocycles. The summed E-state index contributed by atoms with van der Waals surface area (Å²) in [6, 6.07) is 8.81. The molecule has 90 valence electrons. The van der Waals surface area contributed by atoms with Crippen LogP contribution in [0.4, 0.5) is 0 Å². The number of nitrogens with zero attached hydrogens (tertiary/aromatic N) is 1. The Morgan fingerprint density at radius 2 is 2.06 bits per heavy atom. The van der Waals surface area contributed by atoms with E-state index in [-0.39, 0.29) is 12.5 Å². The van der Waals surface area contributed by atoms with Crippen molar-refractivity contribution in [2.45, 2.75) is 12.1 Å². The number of benzene rings is 1. The second-order valence-electron chi connectivity index (χ2n) is 3.99. The molecule has 2 N–H and O–H groups in total. The van der Waals surface area contributed by atoms with E-state index in [1.807, 2.05) is 30.3 Å². The first-order chi connectivity index (χ1) is 8.11. The quantitative estimate of drug-likeness (QED) is 0.787. The van der Waals surface area contributed by atoms with Crippen molar-refractivity contribution in [3.8, 4) is 0 Å². The van der Waals surface area contributed by atoms with Gasteiger partial charge in [-0.3, -0.25) is 9.59 Å². The number of primary amides is 1. The van der Waals surface area contributed by atoms with Crippen molar-refractivity contribution in [1.82, 2.24) is 4.90 Å². The number of morpholine rings is 1. The van der Waals surface area contributed by atoms with E-state index in [9.17, 15) is 9.59 Å². The maximum atomic E-state index is 11.6. The monoisotopic (exact) mass is 234 g/mol. The van der Waals surface area contributed by atoms with Gasteiger partial charge in [0.2, 0.25) is 11.8 Å².